The Balaban J connectivity index is 2.08. The number of rotatable bonds is 3. The minimum Gasteiger partial charge on any atom is -0.381 e. The summed E-state index contributed by atoms with van der Waals surface area (Å²) >= 11 is 0. The monoisotopic (exact) mass is 229 g/mol. The molecule has 17 heavy (non-hydrogen) atoms. The van der Waals surface area contributed by atoms with E-state index in [0.717, 1.165) is 12.2 Å². The molecular weight excluding hydrogens is 213 g/mol. The summed E-state index contributed by atoms with van der Waals surface area (Å²) in [6, 6.07) is 13.3. The average Bonchev–Trinajstić information content (AvgIpc) is 2.32. The van der Waals surface area contributed by atoms with Gasteiger partial charge in [-0.15, -0.1) is 0 Å². The van der Waals surface area contributed by atoms with Gasteiger partial charge in [-0.3, -0.25) is 0 Å². The van der Waals surface area contributed by atoms with Crippen LogP contribution in [-0.4, -0.2) is 0 Å². The van der Waals surface area contributed by atoms with Crippen LogP contribution in [0.2, 0.25) is 0 Å². The minimum atomic E-state index is -0.161. The van der Waals surface area contributed by atoms with Gasteiger partial charge < -0.3 is 5.32 Å². The van der Waals surface area contributed by atoms with E-state index in [0.29, 0.717) is 5.56 Å². The van der Waals surface area contributed by atoms with E-state index in [4.69, 9.17) is 0 Å². The molecule has 0 aliphatic carbocycles. The number of nitrogens with one attached hydrogen (secondary N) is 1. The lowest BCUT2D eigenvalue weighted by atomic mass is 10.1. The van der Waals surface area contributed by atoms with Crippen LogP contribution in [0, 0.1) is 19.7 Å². The molecular formula is C15H16FN. The van der Waals surface area contributed by atoms with Crippen molar-refractivity contribution in [2.24, 2.45) is 0 Å². The summed E-state index contributed by atoms with van der Waals surface area (Å²) in [6.45, 7) is 4.62. The fourth-order valence-electron chi connectivity index (χ4n) is 1.76. The predicted molar refractivity (Wildman–Crippen MR) is 69.6 cm³/mol. The van der Waals surface area contributed by atoms with Crippen LogP contribution in [0.25, 0.3) is 0 Å². The average molecular weight is 229 g/mol. The van der Waals surface area contributed by atoms with Crippen molar-refractivity contribution in [2.75, 3.05) is 5.32 Å². The van der Waals surface area contributed by atoms with Crippen LogP contribution in [0.1, 0.15) is 16.7 Å². The first-order valence-electron chi connectivity index (χ1n) is 5.71. The van der Waals surface area contributed by atoms with Crippen LogP contribution in [0.5, 0.6) is 0 Å². The van der Waals surface area contributed by atoms with Crippen LogP contribution >= 0.6 is 0 Å². The molecule has 1 N–H and O–H groups in total. The van der Waals surface area contributed by atoms with Crippen molar-refractivity contribution in [1.29, 1.82) is 0 Å². The Kier molecular flexibility index (Phi) is 3.43. The number of aryl methyl sites for hydroxylation is 2. The predicted octanol–water partition coefficient (Wildman–Crippen LogP) is 4.05. The molecule has 0 heterocycles. The standard InChI is InChI=1S/C15H16FN/c1-11-5-3-4-6-13(11)10-17-14-7-8-15(16)12(2)9-14/h3-9,17H,10H2,1-2H3. The topological polar surface area (TPSA) is 12.0 Å². The summed E-state index contributed by atoms with van der Waals surface area (Å²) in [4.78, 5) is 0. The van der Waals surface area contributed by atoms with Crippen molar-refractivity contribution in [3.8, 4) is 0 Å². The number of halogens is 1. The number of hydrogen-bond acceptors (Lipinski definition) is 1. The van der Waals surface area contributed by atoms with Crippen molar-refractivity contribution in [1.82, 2.24) is 0 Å². The summed E-state index contributed by atoms with van der Waals surface area (Å²) in [5, 5.41) is 3.30. The fraction of sp³-hybridized carbons (Fsp3) is 0.200. The molecule has 2 rings (SSSR count). The van der Waals surface area contributed by atoms with Gasteiger partial charge in [0.05, 0.1) is 0 Å². The number of hydrogen-bond donors (Lipinski definition) is 1. The van der Waals surface area contributed by atoms with Crippen LogP contribution in [0.15, 0.2) is 42.5 Å². The largest absolute Gasteiger partial charge is 0.381 e. The van der Waals surface area contributed by atoms with Gasteiger partial charge in [0.2, 0.25) is 0 Å². The van der Waals surface area contributed by atoms with Crippen molar-refractivity contribution < 1.29 is 4.39 Å². The zero-order chi connectivity index (χ0) is 12.3. The maximum absolute atomic E-state index is 13.1. The second-order valence-corrected chi connectivity index (χ2v) is 4.24. The number of anilines is 1. The molecule has 0 aromatic heterocycles. The second kappa shape index (κ2) is 5.00. The molecule has 2 aromatic carbocycles. The van der Waals surface area contributed by atoms with Gasteiger partial charge in [0.1, 0.15) is 5.82 Å². The maximum Gasteiger partial charge on any atom is 0.126 e. The lowest BCUT2D eigenvalue weighted by Crippen LogP contribution is -2.01. The second-order valence-electron chi connectivity index (χ2n) is 4.24. The molecule has 2 heteroatoms. The summed E-state index contributed by atoms with van der Waals surface area (Å²) in [5.74, 6) is -0.161. The molecule has 0 unspecified atom stereocenters. The Bertz CT molecular complexity index is 520. The molecule has 0 aliphatic rings. The van der Waals surface area contributed by atoms with E-state index in [9.17, 15) is 4.39 Å². The zero-order valence-corrected chi connectivity index (χ0v) is 10.1. The molecule has 2 aromatic rings. The lowest BCUT2D eigenvalue weighted by Gasteiger charge is -2.09. The van der Waals surface area contributed by atoms with Gasteiger partial charge in [-0.05, 0) is 48.7 Å². The van der Waals surface area contributed by atoms with Crippen LogP contribution in [-0.2, 0) is 6.54 Å². The molecule has 0 radical (unpaired) electrons. The van der Waals surface area contributed by atoms with Crippen LogP contribution < -0.4 is 5.32 Å². The van der Waals surface area contributed by atoms with Gasteiger partial charge in [0.25, 0.3) is 0 Å². The third-order valence-electron chi connectivity index (χ3n) is 2.90. The molecule has 0 aliphatic heterocycles. The van der Waals surface area contributed by atoms with E-state index >= 15 is 0 Å². The number of benzene rings is 2. The lowest BCUT2D eigenvalue weighted by molar-refractivity contribution is 0.618. The Morgan fingerprint density at radius 2 is 1.76 bits per heavy atom. The highest BCUT2D eigenvalue weighted by atomic mass is 19.1. The van der Waals surface area contributed by atoms with E-state index < -0.39 is 0 Å². The highest BCUT2D eigenvalue weighted by molar-refractivity contribution is 5.46. The molecule has 0 saturated heterocycles. The van der Waals surface area contributed by atoms with E-state index in [1.807, 2.05) is 18.2 Å². The minimum absolute atomic E-state index is 0.161. The summed E-state index contributed by atoms with van der Waals surface area (Å²) in [6.07, 6.45) is 0. The van der Waals surface area contributed by atoms with Gasteiger partial charge in [0.15, 0.2) is 0 Å². The van der Waals surface area contributed by atoms with Gasteiger partial charge in [-0.2, -0.15) is 0 Å². The fourth-order valence-corrected chi connectivity index (χ4v) is 1.76. The Morgan fingerprint density at radius 3 is 2.47 bits per heavy atom. The van der Waals surface area contributed by atoms with E-state index in [1.54, 1.807) is 13.0 Å². The van der Waals surface area contributed by atoms with E-state index in [2.05, 4.69) is 24.4 Å². The normalized spacial score (nSPS) is 10.3. The first-order valence-corrected chi connectivity index (χ1v) is 5.71. The van der Waals surface area contributed by atoms with Crippen LogP contribution in [0.4, 0.5) is 10.1 Å². The Hall–Kier alpha value is -1.83. The summed E-state index contributed by atoms with van der Waals surface area (Å²) < 4.78 is 13.1. The third kappa shape index (κ3) is 2.84. The van der Waals surface area contributed by atoms with Crippen molar-refractivity contribution in [3.05, 3.63) is 65.0 Å². The van der Waals surface area contributed by atoms with E-state index in [-0.39, 0.29) is 5.82 Å². The molecule has 1 nitrogen and oxygen atoms in total. The van der Waals surface area contributed by atoms with Crippen molar-refractivity contribution in [3.63, 3.8) is 0 Å². The first kappa shape index (κ1) is 11.6. The maximum atomic E-state index is 13.1. The SMILES string of the molecule is Cc1cc(NCc2ccccc2C)ccc1F. The molecule has 0 saturated carbocycles. The molecule has 0 amide bonds. The smallest absolute Gasteiger partial charge is 0.126 e. The molecule has 88 valence electrons. The first-order chi connectivity index (χ1) is 8.16. The third-order valence-corrected chi connectivity index (χ3v) is 2.90. The van der Waals surface area contributed by atoms with Crippen molar-refractivity contribution in [2.45, 2.75) is 20.4 Å². The molecule has 0 spiro atoms. The summed E-state index contributed by atoms with van der Waals surface area (Å²) in [7, 11) is 0. The zero-order valence-electron chi connectivity index (χ0n) is 10.1. The van der Waals surface area contributed by atoms with Crippen LogP contribution in [0.3, 0.4) is 0 Å². The van der Waals surface area contributed by atoms with Gasteiger partial charge >= 0.3 is 0 Å². The van der Waals surface area contributed by atoms with Gasteiger partial charge in [-0.1, -0.05) is 24.3 Å². The quantitative estimate of drug-likeness (QED) is 0.837. The Labute approximate surface area is 101 Å². The highest BCUT2D eigenvalue weighted by Crippen LogP contribution is 2.15. The van der Waals surface area contributed by atoms with Gasteiger partial charge in [0, 0.05) is 12.2 Å². The van der Waals surface area contributed by atoms with Gasteiger partial charge in [-0.25, -0.2) is 4.39 Å². The molecule has 0 atom stereocenters. The Morgan fingerprint density at radius 1 is 1.00 bits per heavy atom. The highest BCUT2D eigenvalue weighted by Gasteiger charge is 2.00. The molecule has 0 fully saturated rings. The summed E-state index contributed by atoms with van der Waals surface area (Å²) in [5.41, 5.74) is 4.14. The molecule has 0 bridgehead atoms. The van der Waals surface area contributed by atoms with Crippen molar-refractivity contribution >= 4 is 5.69 Å². The van der Waals surface area contributed by atoms with E-state index in [1.165, 1.54) is 17.2 Å².